The molecule has 0 bridgehead atoms. The quantitative estimate of drug-likeness (QED) is 0.492. The Balaban J connectivity index is 1.48. The van der Waals surface area contributed by atoms with Crippen molar-refractivity contribution in [1.82, 2.24) is 14.9 Å². The van der Waals surface area contributed by atoms with Gasteiger partial charge in [-0.25, -0.2) is 9.97 Å². The second-order valence-corrected chi connectivity index (χ2v) is 8.17. The van der Waals surface area contributed by atoms with Crippen LogP contribution < -0.4 is 0 Å². The maximum atomic E-state index is 12.2. The average Bonchev–Trinajstić information content (AvgIpc) is 3.32. The molecule has 0 radical (unpaired) electrons. The Morgan fingerprint density at radius 1 is 1.16 bits per heavy atom. The number of carbonyl (C=O) groups is 1. The lowest BCUT2D eigenvalue weighted by Gasteiger charge is -2.14. The van der Waals surface area contributed by atoms with E-state index in [9.17, 15) is 4.79 Å². The number of aromatic nitrogens is 2. The number of thioether (sulfide) groups is 1. The molecule has 0 N–H and O–H groups in total. The van der Waals surface area contributed by atoms with E-state index in [1.54, 1.807) is 29.4 Å². The van der Waals surface area contributed by atoms with Gasteiger partial charge in [-0.2, -0.15) is 0 Å². The van der Waals surface area contributed by atoms with Crippen molar-refractivity contribution < 1.29 is 4.79 Å². The van der Waals surface area contributed by atoms with Crippen LogP contribution in [0.3, 0.4) is 0 Å². The van der Waals surface area contributed by atoms with Crippen LogP contribution in [-0.4, -0.2) is 39.6 Å². The highest BCUT2D eigenvalue weighted by molar-refractivity contribution is 7.99. The lowest BCUT2D eigenvalue weighted by Crippen LogP contribution is -2.27. The number of carbonyl (C=O) groups excluding carboxylic acids is 1. The molecule has 1 amide bonds. The number of amides is 1. The Labute approximate surface area is 155 Å². The van der Waals surface area contributed by atoms with Crippen LogP contribution in [0.15, 0.2) is 47.8 Å². The highest BCUT2D eigenvalue weighted by Crippen LogP contribution is 2.36. The van der Waals surface area contributed by atoms with Gasteiger partial charge in [-0.15, -0.1) is 23.1 Å². The van der Waals surface area contributed by atoms with E-state index in [1.165, 1.54) is 10.4 Å². The second-order valence-electron chi connectivity index (χ2n) is 6.06. The summed E-state index contributed by atoms with van der Waals surface area (Å²) in [6.45, 7) is 1.85. The molecule has 25 heavy (non-hydrogen) atoms. The molecule has 4 rings (SSSR count). The summed E-state index contributed by atoms with van der Waals surface area (Å²) in [4.78, 5) is 25.2. The van der Waals surface area contributed by atoms with E-state index in [0.29, 0.717) is 6.42 Å². The van der Waals surface area contributed by atoms with Crippen LogP contribution >= 0.6 is 23.1 Å². The van der Waals surface area contributed by atoms with E-state index in [1.807, 2.05) is 23.1 Å². The zero-order valence-electron chi connectivity index (χ0n) is 13.9. The van der Waals surface area contributed by atoms with Crippen LogP contribution in [0, 0.1) is 0 Å². The number of rotatable bonds is 5. The van der Waals surface area contributed by atoms with Crippen LogP contribution in [0.4, 0.5) is 0 Å². The Hall–Kier alpha value is -1.92. The third-order valence-corrected chi connectivity index (χ3v) is 6.46. The summed E-state index contributed by atoms with van der Waals surface area (Å²) in [6.07, 6.45) is 4.48. The first-order chi connectivity index (χ1) is 12.3. The number of thiophene rings is 1. The monoisotopic (exact) mass is 369 g/mol. The smallest absolute Gasteiger partial charge is 0.223 e. The highest BCUT2D eigenvalue weighted by Gasteiger charge is 2.18. The van der Waals surface area contributed by atoms with Gasteiger partial charge in [0.25, 0.3) is 0 Å². The largest absolute Gasteiger partial charge is 0.343 e. The number of hydrogen-bond donors (Lipinski definition) is 0. The molecule has 0 aliphatic carbocycles. The Bertz CT molecular complexity index is 873. The van der Waals surface area contributed by atoms with Crippen LogP contribution in [0.25, 0.3) is 20.7 Å². The summed E-state index contributed by atoms with van der Waals surface area (Å²) >= 11 is 3.34. The summed E-state index contributed by atoms with van der Waals surface area (Å²) in [6, 6.07) is 12.5. The summed E-state index contributed by atoms with van der Waals surface area (Å²) in [7, 11) is 0. The number of nitrogens with zero attached hydrogens (tertiary/aromatic N) is 3. The van der Waals surface area contributed by atoms with Crippen molar-refractivity contribution in [2.24, 2.45) is 0 Å². The minimum absolute atomic E-state index is 0.269. The van der Waals surface area contributed by atoms with E-state index in [4.69, 9.17) is 0 Å². The minimum Gasteiger partial charge on any atom is -0.343 e. The molecule has 2 aromatic heterocycles. The van der Waals surface area contributed by atoms with Crippen LogP contribution in [0.1, 0.15) is 19.3 Å². The average molecular weight is 370 g/mol. The molecule has 128 valence electrons. The number of benzene rings is 1. The first kappa shape index (κ1) is 16.5. The maximum absolute atomic E-state index is 12.2. The lowest BCUT2D eigenvalue weighted by atomic mass is 10.2. The van der Waals surface area contributed by atoms with Crippen molar-refractivity contribution in [2.45, 2.75) is 24.3 Å². The van der Waals surface area contributed by atoms with Gasteiger partial charge in [0, 0.05) is 35.5 Å². The van der Waals surface area contributed by atoms with E-state index < -0.39 is 0 Å². The van der Waals surface area contributed by atoms with Crippen LogP contribution in [0.2, 0.25) is 0 Å². The van der Waals surface area contributed by atoms with Crippen molar-refractivity contribution in [2.75, 3.05) is 18.8 Å². The SMILES string of the molecule is O=C(CCSc1ncnc2sc(-c3ccccc3)cc12)N1CCCC1. The lowest BCUT2D eigenvalue weighted by molar-refractivity contribution is -0.129. The van der Waals surface area contributed by atoms with E-state index in [0.717, 1.165) is 46.9 Å². The maximum Gasteiger partial charge on any atom is 0.223 e. The predicted molar refractivity (Wildman–Crippen MR) is 104 cm³/mol. The molecule has 1 saturated heterocycles. The first-order valence-corrected chi connectivity index (χ1v) is 10.3. The first-order valence-electron chi connectivity index (χ1n) is 8.52. The molecular formula is C19H19N3OS2. The third kappa shape index (κ3) is 3.70. The molecule has 0 spiro atoms. The standard InChI is InChI=1S/C19H19N3OS2/c23-17(22-9-4-5-10-22)8-11-24-18-15-12-16(14-6-2-1-3-7-14)25-19(15)21-13-20-18/h1-3,6-7,12-13H,4-5,8-11H2. The Morgan fingerprint density at radius 2 is 1.96 bits per heavy atom. The van der Waals surface area contributed by atoms with E-state index >= 15 is 0 Å². The summed E-state index contributed by atoms with van der Waals surface area (Å²) < 4.78 is 0. The van der Waals surface area contributed by atoms with Crippen molar-refractivity contribution in [1.29, 1.82) is 0 Å². The Kier molecular flexibility index (Phi) is 4.99. The van der Waals surface area contributed by atoms with Gasteiger partial charge in [0.2, 0.25) is 5.91 Å². The van der Waals surface area contributed by atoms with Crippen LogP contribution in [-0.2, 0) is 4.79 Å². The topological polar surface area (TPSA) is 46.1 Å². The predicted octanol–water partition coefficient (Wildman–Crippen LogP) is 4.46. The number of fused-ring (bicyclic) bond motifs is 1. The molecule has 1 aliphatic rings. The fraction of sp³-hybridized carbons (Fsp3) is 0.316. The molecule has 1 fully saturated rings. The normalized spacial score (nSPS) is 14.3. The number of hydrogen-bond acceptors (Lipinski definition) is 5. The van der Waals surface area contributed by atoms with Gasteiger partial charge in [0.05, 0.1) is 0 Å². The fourth-order valence-corrected chi connectivity index (χ4v) is 5.03. The van der Waals surface area contributed by atoms with Crippen molar-refractivity contribution >= 4 is 39.2 Å². The molecule has 3 aromatic rings. The Morgan fingerprint density at radius 3 is 2.76 bits per heavy atom. The molecule has 6 heteroatoms. The summed E-state index contributed by atoms with van der Waals surface area (Å²) in [5.74, 6) is 1.03. The van der Waals surface area contributed by atoms with E-state index in [-0.39, 0.29) is 5.91 Å². The highest BCUT2D eigenvalue weighted by atomic mass is 32.2. The van der Waals surface area contributed by atoms with E-state index in [2.05, 4.69) is 28.2 Å². The second kappa shape index (κ2) is 7.54. The number of likely N-dealkylation sites (tertiary alicyclic amines) is 1. The molecule has 1 aliphatic heterocycles. The fourth-order valence-electron chi connectivity index (χ4n) is 3.05. The molecule has 4 nitrogen and oxygen atoms in total. The third-order valence-electron chi connectivity index (χ3n) is 4.36. The van der Waals surface area contributed by atoms with Crippen LogP contribution in [0.5, 0.6) is 0 Å². The van der Waals surface area contributed by atoms with Gasteiger partial charge in [-0.05, 0) is 24.5 Å². The molecular weight excluding hydrogens is 350 g/mol. The molecule has 0 atom stereocenters. The summed E-state index contributed by atoms with van der Waals surface area (Å²) in [5, 5.41) is 2.06. The van der Waals surface area contributed by atoms with Gasteiger partial charge in [0.1, 0.15) is 16.2 Å². The van der Waals surface area contributed by atoms with Gasteiger partial charge in [-0.1, -0.05) is 30.3 Å². The van der Waals surface area contributed by atoms with Gasteiger partial charge in [-0.3, -0.25) is 4.79 Å². The molecule has 1 aromatic carbocycles. The zero-order chi connectivity index (χ0) is 17.1. The summed E-state index contributed by atoms with van der Waals surface area (Å²) in [5.41, 5.74) is 1.20. The van der Waals surface area contributed by atoms with Crippen molar-refractivity contribution in [3.8, 4) is 10.4 Å². The molecule has 0 unspecified atom stereocenters. The molecule has 0 saturated carbocycles. The zero-order valence-corrected chi connectivity index (χ0v) is 15.5. The van der Waals surface area contributed by atoms with Gasteiger partial charge >= 0.3 is 0 Å². The minimum atomic E-state index is 0.269. The molecule has 3 heterocycles. The van der Waals surface area contributed by atoms with Crippen molar-refractivity contribution in [3.63, 3.8) is 0 Å². The van der Waals surface area contributed by atoms with Crippen molar-refractivity contribution in [3.05, 3.63) is 42.7 Å². The van der Waals surface area contributed by atoms with Gasteiger partial charge < -0.3 is 4.90 Å². The van der Waals surface area contributed by atoms with Gasteiger partial charge in [0.15, 0.2) is 0 Å².